The number of nitrogens with one attached hydrogen (secondary N) is 1. The molecule has 0 bridgehead atoms. The Morgan fingerprint density at radius 2 is 1.78 bits per heavy atom. The highest BCUT2D eigenvalue weighted by molar-refractivity contribution is 5.78. The minimum atomic E-state index is -1.12. The summed E-state index contributed by atoms with van der Waals surface area (Å²) in [5.74, 6) is -1.20. The van der Waals surface area contributed by atoms with Gasteiger partial charge in [0.2, 0.25) is 5.91 Å². The van der Waals surface area contributed by atoms with Gasteiger partial charge in [0.05, 0.1) is 27.2 Å². The monoisotopic (exact) mass is 258 g/mol. The number of unbranched alkanes of at least 4 members (excludes halogenated alkanes) is 1. The molecule has 106 valence electrons. The van der Waals surface area contributed by atoms with Crippen molar-refractivity contribution in [3.63, 3.8) is 0 Å². The first kappa shape index (κ1) is 16.9. The van der Waals surface area contributed by atoms with Crippen molar-refractivity contribution in [2.24, 2.45) is 0 Å². The second kappa shape index (κ2) is 7.36. The van der Waals surface area contributed by atoms with Crippen molar-refractivity contribution >= 4 is 11.9 Å². The van der Waals surface area contributed by atoms with Gasteiger partial charge in [0.25, 0.3) is 0 Å². The maximum atomic E-state index is 11.7. The Kier molecular flexibility index (Phi) is 6.91. The fourth-order valence-corrected chi connectivity index (χ4v) is 2.04. The summed E-state index contributed by atoms with van der Waals surface area (Å²) in [6, 6.07) is -1.13. The number of amides is 1. The maximum absolute atomic E-state index is 11.7. The highest BCUT2D eigenvalue weighted by atomic mass is 16.4. The summed E-state index contributed by atoms with van der Waals surface area (Å²) in [5, 5.41) is 14.1. The van der Waals surface area contributed by atoms with Crippen LogP contribution >= 0.6 is 0 Å². The predicted octanol–water partition coefficient (Wildman–Crippen LogP) is -0.104. The minimum absolute atomic E-state index is 0.0802. The van der Waals surface area contributed by atoms with Crippen LogP contribution in [0, 0.1) is 0 Å². The smallest absolute Gasteiger partial charge is 0.220 e. The van der Waals surface area contributed by atoms with Crippen LogP contribution in [0.5, 0.6) is 0 Å². The largest absolute Gasteiger partial charge is 0.544 e. The van der Waals surface area contributed by atoms with Gasteiger partial charge < -0.3 is 19.7 Å². The highest BCUT2D eigenvalue weighted by Gasteiger charge is 2.33. The van der Waals surface area contributed by atoms with Crippen molar-refractivity contribution in [2.75, 3.05) is 21.1 Å². The molecule has 0 saturated heterocycles. The molecule has 5 heteroatoms. The molecule has 2 atom stereocenters. The normalized spacial score (nSPS) is 14.9. The van der Waals surface area contributed by atoms with E-state index >= 15 is 0 Å². The lowest BCUT2D eigenvalue weighted by Crippen LogP contribution is -2.64. The summed E-state index contributed by atoms with van der Waals surface area (Å²) in [5.41, 5.74) is 0. The van der Waals surface area contributed by atoms with Gasteiger partial charge in [-0.05, 0) is 12.8 Å². The number of quaternary nitrogens is 1. The number of carbonyl (C=O) groups excluding carboxylic acids is 2. The van der Waals surface area contributed by atoms with Gasteiger partial charge >= 0.3 is 0 Å². The lowest BCUT2D eigenvalue weighted by molar-refractivity contribution is -0.890. The molecule has 0 aliphatic carbocycles. The number of carboxylic acids is 1. The molecular formula is C13H26N2O3. The van der Waals surface area contributed by atoms with Gasteiger partial charge in [0.1, 0.15) is 12.0 Å². The van der Waals surface area contributed by atoms with Crippen molar-refractivity contribution in [1.82, 2.24) is 5.32 Å². The summed E-state index contributed by atoms with van der Waals surface area (Å²) in [6.45, 7) is 3.89. The fourth-order valence-electron chi connectivity index (χ4n) is 2.04. The molecule has 0 heterocycles. The quantitative estimate of drug-likeness (QED) is 0.618. The minimum Gasteiger partial charge on any atom is -0.544 e. The molecule has 0 aromatic rings. The van der Waals surface area contributed by atoms with Crippen LogP contribution in [0.2, 0.25) is 0 Å². The van der Waals surface area contributed by atoms with Crippen LogP contribution < -0.4 is 10.4 Å². The number of hydrogen-bond acceptors (Lipinski definition) is 3. The number of likely N-dealkylation sites (N-methyl/N-ethyl adjacent to an activating group) is 1. The SMILES string of the molecule is CCCCC(=O)NC(CC)C(C(=O)[O-])[N+](C)(C)C. The first-order chi connectivity index (χ1) is 8.23. The van der Waals surface area contributed by atoms with E-state index in [4.69, 9.17) is 0 Å². The van der Waals surface area contributed by atoms with E-state index in [0.717, 1.165) is 12.8 Å². The Bertz CT molecular complexity index is 284. The second-order valence-electron chi connectivity index (χ2n) is 5.57. The predicted molar refractivity (Wildman–Crippen MR) is 68.6 cm³/mol. The van der Waals surface area contributed by atoms with E-state index < -0.39 is 12.0 Å². The van der Waals surface area contributed by atoms with E-state index in [0.29, 0.717) is 12.8 Å². The molecule has 0 aliphatic heterocycles. The van der Waals surface area contributed by atoms with E-state index in [1.165, 1.54) is 0 Å². The van der Waals surface area contributed by atoms with Crippen LogP contribution in [0.1, 0.15) is 39.5 Å². The van der Waals surface area contributed by atoms with Crippen LogP contribution in [0.25, 0.3) is 0 Å². The average molecular weight is 258 g/mol. The number of hydrogen-bond donors (Lipinski definition) is 1. The third kappa shape index (κ3) is 5.49. The van der Waals surface area contributed by atoms with Crippen LogP contribution in [0.3, 0.4) is 0 Å². The molecule has 0 aromatic heterocycles. The summed E-state index contributed by atoms with van der Waals surface area (Å²) in [7, 11) is 5.38. The average Bonchev–Trinajstić information content (AvgIpc) is 2.22. The number of rotatable bonds is 8. The number of carboxylic acid groups (broad SMARTS) is 1. The molecule has 1 amide bonds. The third-order valence-corrected chi connectivity index (χ3v) is 3.00. The molecule has 5 nitrogen and oxygen atoms in total. The molecule has 0 fully saturated rings. The zero-order chi connectivity index (χ0) is 14.3. The Morgan fingerprint density at radius 1 is 1.22 bits per heavy atom. The van der Waals surface area contributed by atoms with Gasteiger partial charge in [-0.15, -0.1) is 0 Å². The molecule has 18 heavy (non-hydrogen) atoms. The highest BCUT2D eigenvalue weighted by Crippen LogP contribution is 2.11. The summed E-state index contributed by atoms with van der Waals surface area (Å²) in [4.78, 5) is 23.0. The van der Waals surface area contributed by atoms with E-state index in [1.54, 1.807) is 21.1 Å². The third-order valence-electron chi connectivity index (χ3n) is 3.00. The second-order valence-corrected chi connectivity index (χ2v) is 5.57. The van der Waals surface area contributed by atoms with Crippen molar-refractivity contribution in [2.45, 2.75) is 51.6 Å². The van der Waals surface area contributed by atoms with Gasteiger partial charge in [0, 0.05) is 6.42 Å². The summed E-state index contributed by atoms with van der Waals surface area (Å²) in [6.07, 6.45) is 2.79. The van der Waals surface area contributed by atoms with Crippen molar-refractivity contribution in [1.29, 1.82) is 0 Å². The van der Waals surface area contributed by atoms with Crippen LogP contribution in [0.4, 0.5) is 0 Å². The van der Waals surface area contributed by atoms with Crippen molar-refractivity contribution in [3.8, 4) is 0 Å². The molecule has 0 rings (SSSR count). The van der Waals surface area contributed by atoms with Gasteiger partial charge in [-0.3, -0.25) is 4.79 Å². The van der Waals surface area contributed by atoms with Gasteiger partial charge in [-0.2, -0.15) is 0 Å². The van der Waals surface area contributed by atoms with Gasteiger partial charge in [-0.1, -0.05) is 20.3 Å². The molecule has 0 saturated carbocycles. The van der Waals surface area contributed by atoms with Crippen LogP contribution in [0.15, 0.2) is 0 Å². The Morgan fingerprint density at radius 3 is 2.11 bits per heavy atom. The number of nitrogens with zero attached hydrogens (tertiary/aromatic N) is 1. The fraction of sp³-hybridized carbons (Fsp3) is 0.846. The Labute approximate surface area is 110 Å². The molecule has 1 N–H and O–H groups in total. The summed E-state index contributed by atoms with van der Waals surface area (Å²) >= 11 is 0. The zero-order valence-corrected chi connectivity index (χ0v) is 12.2. The van der Waals surface area contributed by atoms with Crippen LogP contribution in [-0.4, -0.2) is 49.6 Å². The summed E-state index contributed by atoms with van der Waals surface area (Å²) < 4.78 is 0.231. The maximum Gasteiger partial charge on any atom is 0.220 e. The molecular weight excluding hydrogens is 232 g/mol. The topological polar surface area (TPSA) is 69.2 Å². The van der Waals surface area contributed by atoms with E-state index in [2.05, 4.69) is 5.32 Å². The van der Waals surface area contributed by atoms with Gasteiger partial charge in [-0.25, -0.2) is 0 Å². The lowest BCUT2D eigenvalue weighted by atomic mass is 10.0. The van der Waals surface area contributed by atoms with E-state index in [-0.39, 0.29) is 16.4 Å². The van der Waals surface area contributed by atoms with Crippen molar-refractivity contribution < 1.29 is 19.2 Å². The van der Waals surface area contributed by atoms with E-state index in [1.807, 2.05) is 13.8 Å². The first-order valence-corrected chi connectivity index (χ1v) is 6.55. The Balaban J connectivity index is 4.72. The van der Waals surface area contributed by atoms with Gasteiger partial charge in [0.15, 0.2) is 0 Å². The first-order valence-electron chi connectivity index (χ1n) is 6.55. The zero-order valence-electron chi connectivity index (χ0n) is 12.2. The van der Waals surface area contributed by atoms with E-state index in [9.17, 15) is 14.7 Å². The number of aliphatic carboxylic acids is 1. The molecule has 0 aromatic carbocycles. The standard InChI is InChI=1S/C13H26N2O3/c1-6-8-9-11(16)14-10(7-2)12(13(17)18)15(3,4)5/h10,12H,6-9H2,1-5H3,(H-,14,16,17,18). The van der Waals surface area contributed by atoms with Crippen LogP contribution in [-0.2, 0) is 9.59 Å². The molecule has 0 radical (unpaired) electrons. The molecule has 0 aliphatic rings. The van der Waals surface area contributed by atoms with Crippen molar-refractivity contribution in [3.05, 3.63) is 0 Å². The Hall–Kier alpha value is -1.10. The lowest BCUT2D eigenvalue weighted by Gasteiger charge is -2.39. The molecule has 2 unspecified atom stereocenters. The molecule has 0 spiro atoms. The number of carbonyl (C=O) groups is 2.